The van der Waals surface area contributed by atoms with Crippen LogP contribution in [0.2, 0.25) is 0 Å². The van der Waals surface area contributed by atoms with Gasteiger partial charge in [-0.05, 0) is 6.92 Å². The van der Waals surface area contributed by atoms with Crippen LogP contribution in [0.5, 0.6) is 0 Å². The van der Waals surface area contributed by atoms with Crippen LogP contribution in [0.4, 0.5) is 0 Å². The summed E-state index contributed by atoms with van der Waals surface area (Å²) in [7, 11) is 0. The highest BCUT2D eigenvalue weighted by Gasteiger charge is 2.32. The van der Waals surface area contributed by atoms with E-state index >= 15 is 0 Å². The number of nitriles is 1. The molecule has 6 nitrogen and oxygen atoms in total. The number of fused-ring (bicyclic) bond motifs is 1. The van der Waals surface area contributed by atoms with Crippen molar-refractivity contribution < 1.29 is 14.3 Å². The van der Waals surface area contributed by atoms with Crippen LogP contribution in [-0.2, 0) is 14.3 Å². The Labute approximate surface area is 133 Å². The lowest BCUT2D eigenvalue weighted by Crippen LogP contribution is -2.33. The molecule has 0 amide bonds. The monoisotopic (exact) mass is 309 g/mol. The van der Waals surface area contributed by atoms with E-state index in [1.165, 1.54) is 0 Å². The van der Waals surface area contributed by atoms with E-state index in [1.54, 1.807) is 11.8 Å². The molecule has 0 radical (unpaired) electrons. The van der Waals surface area contributed by atoms with Gasteiger partial charge in [-0.3, -0.25) is 9.89 Å². The molecule has 23 heavy (non-hydrogen) atoms. The summed E-state index contributed by atoms with van der Waals surface area (Å²) in [6.07, 6.45) is 1.81. The molecule has 0 saturated heterocycles. The second-order valence-electron chi connectivity index (χ2n) is 4.88. The standard InChI is InChI=1S/C17H15N3O3/c1-2-22-17(21)13(11-18)16-20-9-8-19-15(20)10-14(23-16)12-6-4-3-5-7-12/h3-7,10H,2,8-9H2,1H3/b16-13-. The summed E-state index contributed by atoms with van der Waals surface area (Å²) in [6.45, 7) is 3.03. The average molecular weight is 309 g/mol. The van der Waals surface area contributed by atoms with Crippen molar-refractivity contribution >= 4 is 17.6 Å². The number of hydrogen-bond donors (Lipinski definition) is 0. The molecule has 6 heteroatoms. The van der Waals surface area contributed by atoms with Crippen molar-refractivity contribution in [3.05, 3.63) is 53.4 Å². The zero-order valence-corrected chi connectivity index (χ0v) is 12.7. The van der Waals surface area contributed by atoms with Gasteiger partial charge in [0.2, 0.25) is 5.88 Å². The lowest BCUT2D eigenvalue weighted by atomic mass is 10.1. The minimum Gasteiger partial charge on any atom is -0.462 e. The van der Waals surface area contributed by atoms with E-state index < -0.39 is 5.97 Å². The fourth-order valence-corrected chi connectivity index (χ4v) is 2.41. The van der Waals surface area contributed by atoms with Crippen LogP contribution in [0.25, 0.3) is 5.76 Å². The molecule has 0 spiro atoms. The van der Waals surface area contributed by atoms with Gasteiger partial charge in [0.1, 0.15) is 17.7 Å². The molecular weight excluding hydrogens is 294 g/mol. The molecule has 3 rings (SSSR count). The molecule has 0 fully saturated rings. The molecule has 0 saturated carbocycles. The highest BCUT2D eigenvalue weighted by Crippen LogP contribution is 2.30. The first-order chi connectivity index (χ1) is 11.2. The van der Waals surface area contributed by atoms with Crippen molar-refractivity contribution in [2.45, 2.75) is 6.92 Å². The number of rotatable bonds is 3. The summed E-state index contributed by atoms with van der Waals surface area (Å²) in [5.41, 5.74) is 0.698. The summed E-state index contributed by atoms with van der Waals surface area (Å²) in [4.78, 5) is 18.2. The number of ether oxygens (including phenoxy) is 2. The Bertz CT molecular complexity index is 757. The predicted molar refractivity (Wildman–Crippen MR) is 83.8 cm³/mol. The average Bonchev–Trinajstić information content (AvgIpc) is 3.05. The highest BCUT2D eigenvalue weighted by atomic mass is 16.5. The second-order valence-corrected chi connectivity index (χ2v) is 4.88. The van der Waals surface area contributed by atoms with E-state index in [4.69, 9.17) is 9.47 Å². The summed E-state index contributed by atoms with van der Waals surface area (Å²) < 4.78 is 10.8. The maximum Gasteiger partial charge on any atom is 0.354 e. The molecule has 0 aromatic heterocycles. The third-order valence-corrected chi connectivity index (χ3v) is 3.45. The van der Waals surface area contributed by atoms with Gasteiger partial charge >= 0.3 is 5.97 Å². The molecule has 1 aromatic rings. The van der Waals surface area contributed by atoms with E-state index in [9.17, 15) is 10.1 Å². The molecule has 2 aliphatic rings. The van der Waals surface area contributed by atoms with Crippen LogP contribution in [-0.4, -0.2) is 36.4 Å². The van der Waals surface area contributed by atoms with E-state index in [0.717, 1.165) is 5.56 Å². The Hall–Kier alpha value is -3.07. The fraction of sp³-hybridized carbons (Fsp3) is 0.235. The minimum atomic E-state index is -0.689. The van der Waals surface area contributed by atoms with Gasteiger partial charge in [-0.1, -0.05) is 30.3 Å². The molecule has 0 aliphatic carbocycles. The molecule has 1 aromatic carbocycles. The number of benzene rings is 1. The quantitative estimate of drug-likeness (QED) is 0.485. The molecule has 116 valence electrons. The van der Waals surface area contributed by atoms with Gasteiger partial charge < -0.3 is 9.47 Å². The number of amidine groups is 1. The first kappa shape index (κ1) is 14.9. The maximum atomic E-state index is 12.0. The van der Waals surface area contributed by atoms with E-state index in [2.05, 4.69) is 4.99 Å². The molecule has 2 heterocycles. The van der Waals surface area contributed by atoms with Gasteiger partial charge in [0, 0.05) is 18.2 Å². The van der Waals surface area contributed by atoms with Crippen LogP contribution in [0, 0.1) is 11.3 Å². The first-order valence-corrected chi connectivity index (χ1v) is 7.33. The Kier molecular flexibility index (Phi) is 4.11. The van der Waals surface area contributed by atoms with Crippen molar-refractivity contribution in [1.29, 1.82) is 5.26 Å². The molecule has 0 atom stereocenters. The highest BCUT2D eigenvalue weighted by molar-refractivity contribution is 6.03. The van der Waals surface area contributed by atoms with Crippen molar-refractivity contribution in [2.75, 3.05) is 19.7 Å². The zero-order valence-electron chi connectivity index (χ0n) is 12.7. The smallest absolute Gasteiger partial charge is 0.354 e. The molecule has 0 bridgehead atoms. The predicted octanol–water partition coefficient (Wildman–Crippen LogP) is 2.07. The summed E-state index contributed by atoms with van der Waals surface area (Å²) >= 11 is 0. The van der Waals surface area contributed by atoms with E-state index in [0.29, 0.717) is 24.7 Å². The fourth-order valence-electron chi connectivity index (χ4n) is 2.41. The van der Waals surface area contributed by atoms with E-state index in [1.807, 2.05) is 42.5 Å². The van der Waals surface area contributed by atoms with Gasteiger partial charge in [-0.15, -0.1) is 0 Å². The first-order valence-electron chi connectivity index (χ1n) is 7.33. The SMILES string of the molecule is CCOC(=O)/C(C#N)=C1\OC(c2ccccc2)=CC2=NCCN21. The van der Waals surface area contributed by atoms with Crippen LogP contribution in [0.3, 0.4) is 0 Å². The summed E-state index contributed by atoms with van der Waals surface area (Å²) in [6, 6.07) is 11.4. The van der Waals surface area contributed by atoms with Crippen LogP contribution < -0.4 is 0 Å². The molecule has 2 aliphatic heterocycles. The number of hydrogen-bond acceptors (Lipinski definition) is 6. The lowest BCUT2D eigenvalue weighted by Gasteiger charge is -2.28. The zero-order chi connectivity index (χ0) is 16.2. The van der Waals surface area contributed by atoms with Crippen molar-refractivity contribution in [3.8, 4) is 6.07 Å². The van der Waals surface area contributed by atoms with Gasteiger partial charge in [0.15, 0.2) is 5.57 Å². The molecule has 0 unspecified atom stereocenters. The Morgan fingerprint density at radius 3 is 2.91 bits per heavy atom. The van der Waals surface area contributed by atoms with Crippen molar-refractivity contribution in [1.82, 2.24) is 4.90 Å². The van der Waals surface area contributed by atoms with Gasteiger partial charge in [0.05, 0.1) is 13.2 Å². The second kappa shape index (κ2) is 6.36. The van der Waals surface area contributed by atoms with Gasteiger partial charge in [-0.25, -0.2) is 4.79 Å². The van der Waals surface area contributed by atoms with Crippen LogP contribution in [0.1, 0.15) is 12.5 Å². The number of nitrogens with zero attached hydrogens (tertiary/aromatic N) is 3. The van der Waals surface area contributed by atoms with Crippen LogP contribution >= 0.6 is 0 Å². The molecular formula is C17H15N3O3. The minimum absolute atomic E-state index is 0.150. The van der Waals surface area contributed by atoms with Gasteiger partial charge in [-0.2, -0.15) is 5.26 Å². The molecule has 0 N–H and O–H groups in total. The Morgan fingerprint density at radius 2 is 2.22 bits per heavy atom. The summed E-state index contributed by atoms with van der Waals surface area (Å²) in [5, 5.41) is 9.38. The largest absolute Gasteiger partial charge is 0.462 e. The number of aliphatic imine (C=N–C) groups is 1. The van der Waals surface area contributed by atoms with E-state index in [-0.39, 0.29) is 18.1 Å². The van der Waals surface area contributed by atoms with Crippen LogP contribution in [0.15, 0.2) is 52.9 Å². The third-order valence-electron chi connectivity index (χ3n) is 3.45. The summed E-state index contributed by atoms with van der Waals surface area (Å²) in [5.74, 6) is 0.728. The third kappa shape index (κ3) is 2.81. The Morgan fingerprint density at radius 1 is 1.43 bits per heavy atom. The van der Waals surface area contributed by atoms with Gasteiger partial charge in [0.25, 0.3) is 0 Å². The topological polar surface area (TPSA) is 74.9 Å². The normalized spacial score (nSPS) is 18.2. The number of esters is 1. The lowest BCUT2D eigenvalue weighted by molar-refractivity contribution is -0.138. The van der Waals surface area contributed by atoms with Crippen molar-refractivity contribution in [2.24, 2.45) is 4.99 Å². The number of carbonyl (C=O) groups is 1. The number of carbonyl (C=O) groups excluding carboxylic acids is 1. The van der Waals surface area contributed by atoms with Crippen molar-refractivity contribution in [3.63, 3.8) is 0 Å². The Balaban J connectivity index is 2.06. The maximum absolute atomic E-state index is 12.0.